The lowest BCUT2D eigenvalue weighted by Crippen LogP contribution is -2.10. The first-order valence-corrected chi connectivity index (χ1v) is 3.28. The third kappa shape index (κ3) is 1.38. The zero-order valence-electron chi connectivity index (χ0n) is 5.59. The number of aromatic nitrogens is 1. The first kappa shape index (κ1) is 7.76. The average molecular weight is 166 g/mol. The number of aromatic amines is 1. The van der Waals surface area contributed by atoms with Crippen molar-refractivity contribution in [3.63, 3.8) is 0 Å². The molecule has 0 fully saturated rings. The van der Waals surface area contributed by atoms with Crippen molar-refractivity contribution in [2.75, 3.05) is 5.73 Å². The summed E-state index contributed by atoms with van der Waals surface area (Å²) in [5, 5.41) is 0. The third-order valence-corrected chi connectivity index (χ3v) is 1.54. The van der Waals surface area contributed by atoms with E-state index in [9.17, 15) is 4.79 Å². The van der Waals surface area contributed by atoms with Gasteiger partial charge in [-0.1, -0.05) is 5.92 Å². The summed E-state index contributed by atoms with van der Waals surface area (Å²) in [5.74, 6) is 2.52. The van der Waals surface area contributed by atoms with Crippen LogP contribution in [0.25, 0.3) is 0 Å². The lowest BCUT2D eigenvalue weighted by atomic mass is 10.3. The molecule has 1 rings (SSSR count). The zero-order chi connectivity index (χ0) is 8.43. The molecular weight excluding hydrogens is 160 g/mol. The van der Waals surface area contributed by atoms with E-state index >= 15 is 0 Å². The molecule has 0 spiro atoms. The highest BCUT2D eigenvalue weighted by Gasteiger charge is 1.99. The number of hydrogen-bond acceptors (Lipinski definition) is 3. The van der Waals surface area contributed by atoms with Crippen LogP contribution >= 0.6 is 12.6 Å². The van der Waals surface area contributed by atoms with Crippen molar-refractivity contribution in [2.45, 2.75) is 4.90 Å². The highest BCUT2D eigenvalue weighted by atomic mass is 32.1. The van der Waals surface area contributed by atoms with Crippen LogP contribution < -0.4 is 11.3 Å². The number of nitrogens with one attached hydrogen (secondary N) is 1. The molecule has 0 radical (unpaired) electrons. The van der Waals surface area contributed by atoms with Gasteiger partial charge >= 0.3 is 0 Å². The van der Waals surface area contributed by atoms with Crippen molar-refractivity contribution in [3.05, 3.63) is 22.0 Å². The second-order valence-electron chi connectivity index (χ2n) is 1.96. The number of H-pyrrole nitrogens is 1. The fourth-order valence-electron chi connectivity index (χ4n) is 0.653. The summed E-state index contributed by atoms with van der Waals surface area (Å²) in [4.78, 5) is 13.5. The number of pyridine rings is 1. The number of anilines is 1. The quantitative estimate of drug-likeness (QED) is 0.381. The van der Waals surface area contributed by atoms with E-state index in [-0.39, 0.29) is 16.3 Å². The van der Waals surface area contributed by atoms with Crippen LogP contribution in [-0.2, 0) is 0 Å². The van der Waals surface area contributed by atoms with Crippen LogP contribution in [0.1, 0.15) is 5.56 Å². The Bertz CT molecular complexity index is 375. The molecular formula is C7H6N2OS. The second-order valence-corrected chi connectivity index (χ2v) is 2.44. The Balaban J connectivity index is 3.47. The van der Waals surface area contributed by atoms with Crippen LogP contribution in [0.5, 0.6) is 0 Å². The molecule has 0 amide bonds. The highest BCUT2D eigenvalue weighted by Crippen LogP contribution is 2.07. The highest BCUT2D eigenvalue weighted by molar-refractivity contribution is 7.80. The minimum absolute atomic E-state index is 0.204. The van der Waals surface area contributed by atoms with Crippen molar-refractivity contribution in [2.24, 2.45) is 0 Å². The summed E-state index contributed by atoms with van der Waals surface area (Å²) >= 11 is 3.87. The van der Waals surface area contributed by atoms with E-state index in [2.05, 4.69) is 23.5 Å². The molecule has 0 saturated carbocycles. The molecule has 1 aromatic heterocycles. The number of terminal acetylenes is 1. The van der Waals surface area contributed by atoms with Gasteiger partial charge in [-0.05, 0) is 6.07 Å². The van der Waals surface area contributed by atoms with Crippen molar-refractivity contribution in [1.29, 1.82) is 0 Å². The van der Waals surface area contributed by atoms with E-state index < -0.39 is 0 Å². The zero-order valence-corrected chi connectivity index (χ0v) is 6.48. The predicted molar refractivity (Wildman–Crippen MR) is 46.7 cm³/mol. The van der Waals surface area contributed by atoms with E-state index in [0.717, 1.165) is 0 Å². The number of rotatable bonds is 0. The van der Waals surface area contributed by atoms with E-state index in [1.54, 1.807) is 0 Å². The van der Waals surface area contributed by atoms with Gasteiger partial charge in [0.15, 0.2) is 0 Å². The molecule has 3 N–H and O–H groups in total. The van der Waals surface area contributed by atoms with Crippen LogP contribution in [0.15, 0.2) is 15.8 Å². The molecule has 1 heterocycles. The van der Waals surface area contributed by atoms with Gasteiger partial charge in [-0.15, -0.1) is 19.1 Å². The van der Waals surface area contributed by atoms with E-state index in [1.807, 2.05) is 0 Å². The summed E-state index contributed by atoms with van der Waals surface area (Å²) in [7, 11) is 0. The lowest BCUT2D eigenvalue weighted by molar-refractivity contribution is 1.15. The van der Waals surface area contributed by atoms with Gasteiger partial charge in [-0.3, -0.25) is 4.79 Å². The maximum Gasteiger partial charge on any atom is 0.262 e. The Morgan fingerprint density at radius 2 is 2.36 bits per heavy atom. The van der Waals surface area contributed by atoms with Crippen LogP contribution in [0.4, 0.5) is 5.82 Å². The first-order valence-electron chi connectivity index (χ1n) is 2.83. The van der Waals surface area contributed by atoms with Gasteiger partial charge < -0.3 is 10.7 Å². The third-order valence-electron chi connectivity index (χ3n) is 1.21. The van der Waals surface area contributed by atoms with Crippen molar-refractivity contribution in [1.82, 2.24) is 4.98 Å². The summed E-state index contributed by atoms with van der Waals surface area (Å²) in [6.45, 7) is 0. The lowest BCUT2D eigenvalue weighted by Gasteiger charge is -1.97. The van der Waals surface area contributed by atoms with Gasteiger partial charge in [0.2, 0.25) is 0 Å². The summed E-state index contributed by atoms with van der Waals surface area (Å²) in [6.07, 6.45) is 5.08. The topological polar surface area (TPSA) is 58.9 Å². The minimum atomic E-state index is -0.329. The monoisotopic (exact) mass is 166 g/mol. The van der Waals surface area contributed by atoms with Gasteiger partial charge in [0.05, 0.1) is 10.5 Å². The van der Waals surface area contributed by atoms with Gasteiger partial charge in [0.25, 0.3) is 5.56 Å². The molecule has 1 aromatic rings. The molecule has 0 aliphatic rings. The van der Waals surface area contributed by atoms with Crippen LogP contribution in [0.3, 0.4) is 0 Å². The number of hydrogen-bond donors (Lipinski definition) is 3. The van der Waals surface area contributed by atoms with Gasteiger partial charge in [0.1, 0.15) is 5.82 Å². The fraction of sp³-hybridized carbons (Fsp3) is 0. The Hall–Kier alpha value is -1.34. The van der Waals surface area contributed by atoms with E-state index in [0.29, 0.717) is 5.56 Å². The SMILES string of the molecule is C#Cc1cc(S)c(=O)[nH]c1N. The van der Waals surface area contributed by atoms with Crippen molar-refractivity contribution in [3.8, 4) is 12.3 Å². The molecule has 0 aliphatic heterocycles. The normalized spacial score (nSPS) is 9.09. The number of thiol groups is 1. The Morgan fingerprint density at radius 3 is 2.91 bits per heavy atom. The second kappa shape index (κ2) is 2.72. The molecule has 0 unspecified atom stereocenters. The largest absolute Gasteiger partial charge is 0.384 e. The summed E-state index contributed by atoms with van der Waals surface area (Å²) in [6, 6.07) is 1.46. The van der Waals surface area contributed by atoms with Crippen molar-refractivity contribution < 1.29 is 0 Å². The standard InChI is InChI=1S/C7H6N2OS/c1-2-4-3-5(11)7(10)9-6(4)8/h1,3,11H,(H3,8,9,10). The number of nitrogen functional groups attached to an aromatic ring is 1. The molecule has 0 bridgehead atoms. The van der Waals surface area contributed by atoms with E-state index in [4.69, 9.17) is 12.2 Å². The summed E-state index contributed by atoms with van der Waals surface area (Å²) in [5.41, 5.74) is 5.49. The first-order chi connectivity index (χ1) is 5.15. The Labute approximate surface area is 69.0 Å². The molecule has 0 atom stereocenters. The maximum absolute atomic E-state index is 10.8. The van der Waals surface area contributed by atoms with Crippen LogP contribution in [0.2, 0.25) is 0 Å². The minimum Gasteiger partial charge on any atom is -0.384 e. The number of nitrogens with two attached hydrogens (primary N) is 1. The van der Waals surface area contributed by atoms with Gasteiger partial charge in [-0.2, -0.15) is 0 Å². The molecule has 3 nitrogen and oxygen atoms in total. The van der Waals surface area contributed by atoms with E-state index in [1.165, 1.54) is 6.07 Å². The Kier molecular flexibility index (Phi) is 1.92. The molecule has 4 heteroatoms. The molecule has 0 aromatic carbocycles. The fourth-order valence-corrected chi connectivity index (χ4v) is 0.838. The molecule has 0 aliphatic carbocycles. The molecule has 56 valence electrons. The van der Waals surface area contributed by atoms with Gasteiger partial charge in [0, 0.05) is 0 Å². The smallest absolute Gasteiger partial charge is 0.262 e. The Morgan fingerprint density at radius 1 is 1.73 bits per heavy atom. The van der Waals surface area contributed by atoms with Crippen LogP contribution in [0, 0.1) is 12.3 Å². The predicted octanol–water partition coefficient (Wildman–Crippen LogP) is 0.227. The average Bonchev–Trinajstić information content (AvgIpc) is 1.97. The molecule has 0 saturated heterocycles. The molecule has 11 heavy (non-hydrogen) atoms. The van der Waals surface area contributed by atoms with Crippen LogP contribution in [-0.4, -0.2) is 4.98 Å². The summed E-state index contributed by atoms with van der Waals surface area (Å²) < 4.78 is 0. The maximum atomic E-state index is 10.8. The van der Waals surface area contributed by atoms with Gasteiger partial charge in [-0.25, -0.2) is 0 Å². The van der Waals surface area contributed by atoms with Crippen molar-refractivity contribution >= 4 is 18.4 Å².